The number of carboxylic acid groups (broad SMARTS) is 1. The molecule has 0 bridgehead atoms. The average Bonchev–Trinajstić information content (AvgIpc) is 2.80. The highest BCUT2D eigenvalue weighted by atomic mass is 35.5. The normalized spacial score (nSPS) is 23.4. The van der Waals surface area contributed by atoms with E-state index in [0.29, 0.717) is 0 Å². The molecule has 3 rings (SSSR count). The van der Waals surface area contributed by atoms with Crippen molar-refractivity contribution in [3.63, 3.8) is 0 Å². The topological polar surface area (TPSA) is 49.8 Å². The van der Waals surface area contributed by atoms with Crippen LogP contribution in [0.25, 0.3) is 0 Å². The van der Waals surface area contributed by atoms with Crippen molar-refractivity contribution in [2.24, 2.45) is 5.92 Å². The van der Waals surface area contributed by atoms with Crippen molar-refractivity contribution >= 4 is 17.6 Å². The van der Waals surface area contributed by atoms with Gasteiger partial charge in [0.1, 0.15) is 11.9 Å². The summed E-state index contributed by atoms with van der Waals surface area (Å²) in [5.74, 6) is 0.0929. The number of fused-ring (bicyclic) bond motifs is 1. The van der Waals surface area contributed by atoms with Crippen molar-refractivity contribution in [1.82, 2.24) is 4.90 Å². The Morgan fingerprint density at radius 1 is 1.40 bits per heavy atom. The molecule has 1 aromatic carbocycles. The molecule has 0 aliphatic carbocycles. The van der Waals surface area contributed by atoms with E-state index < -0.39 is 5.97 Å². The quantitative estimate of drug-likeness (QED) is 0.930. The minimum atomic E-state index is -0.663. The summed E-state index contributed by atoms with van der Waals surface area (Å²) in [5.41, 5.74) is 1.17. The molecule has 1 aromatic rings. The number of piperidine rings is 1. The second-order valence-corrected chi connectivity index (χ2v) is 6.05. The highest BCUT2D eigenvalue weighted by molar-refractivity contribution is 6.30. The molecule has 0 radical (unpaired) electrons. The lowest BCUT2D eigenvalue weighted by molar-refractivity contribution is -0.143. The van der Waals surface area contributed by atoms with Crippen LogP contribution in [0.3, 0.4) is 0 Å². The van der Waals surface area contributed by atoms with Gasteiger partial charge >= 0.3 is 5.97 Å². The summed E-state index contributed by atoms with van der Waals surface area (Å²) in [6, 6.07) is 5.74. The molecule has 1 unspecified atom stereocenters. The van der Waals surface area contributed by atoms with Crippen LogP contribution in [0.1, 0.15) is 18.4 Å². The first-order valence-electron chi connectivity index (χ1n) is 7.02. The van der Waals surface area contributed by atoms with Crippen LogP contribution in [0, 0.1) is 5.92 Å². The smallest absolute Gasteiger partial charge is 0.306 e. The summed E-state index contributed by atoms with van der Waals surface area (Å²) < 4.78 is 5.92. The number of hydrogen-bond donors (Lipinski definition) is 1. The van der Waals surface area contributed by atoms with E-state index in [9.17, 15) is 4.79 Å². The lowest BCUT2D eigenvalue weighted by Crippen LogP contribution is -2.41. The zero-order chi connectivity index (χ0) is 14.1. The van der Waals surface area contributed by atoms with E-state index in [4.69, 9.17) is 21.4 Å². The second kappa shape index (κ2) is 5.62. The van der Waals surface area contributed by atoms with Crippen LogP contribution in [0.2, 0.25) is 5.02 Å². The van der Waals surface area contributed by atoms with Crippen LogP contribution in [-0.2, 0) is 11.2 Å². The van der Waals surface area contributed by atoms with Crippen LogP contribution in [0.5, 0.6) is 5.75 Å². The highest BCUT2D eigenvalue weighted by Crippen LogP contribution is 2.31. The lowest BCUT2D eigenvalue weighted by atomic mass is 9.97. The molecular weight excluding hydrogens is 278 g/mol. The number of nitrogens with zero attached hydrogens (tertiary/aromatic N) is 1. The molecule has 0 aromatic heterocycles. The minimum absolute atomic E-state index is 0.157. The van der Waals surface area contributed by atoms with Crippen LogP contribution in [-0.4, -0.2) is 41.7 Å². The van der Waals surface area contributed by atoms with E-state index in [2.05, 4.69) is 4.90 Å². The van der Waals surface area contributed by atoms with E-state index in [0.717, 1.165) is 49.7 Å². The van der Waals surface area contributed by atoms with Crippen molar-refractivity contribution in [2.75, 3.05) is 19.6 Å². The molecule has 0 saturated carbocycles. The first kappa shape index (κ1) is 13.7. The second-order valence-electron chi connectivity index (χ2n) is 5.61. The molecule has 1 saturated heterocycles. The molecule has 0 spiro atoms. The van der Waals surface area contributed by atoms with E-state index in [1.54, 1.807) is 0 Å². The average molecular weight is 296 g/mol. The van der Waals surface area contributed by atoms with Crippen molar-refractivity contribution in [2.45, 2.75) is 25.4 Å². The van der Waals surface area contributed by atoms with Gasteiger partial charge in [-0.2, -0.15) is 0 Å². The summed E-state index contributed by atoms with van der Waals surface area (Å²) in [4.78, 5) is 13.2. The highest BCUT2D eigenvalue weighted by Gasteiger charge is 2.29. The molecule has 108 valence electrons. The number of aliphatic carboxylic acids is 1. The maximum atomic E-state index is 10.9. The van der Waals surface area contributed by atoms with Gasteiger partial charge in [0.05, 0.1) is 5.92 Å². The van der Waals surface area contributed by atoms with Crippen LogP contribution < -0.4 is 4.74 Å². The van der Waals surface area contributed by atoms with E-state index in [1.165, 1.54) is 5.56 Å². The molecular formula is C15H18ClNO3. The van der Waals surface area contributed by atoms with Crippen molar-refractivity contribution in [3.05, 3.63) is 28.8 Å². The predicted molar refractivity (Wildman–Crippen MR) is 76.4 cm³/mol. The van der Waals surface area contributed by atoms with Gasteiger partial charge in [0.2, 0.25) is 0 Å². The predicted octanol–water partition coefficient (Wildman–Crippen LogP) is 2.44. The number of halogens is 1. The third-order valence-corrected chi connectivity index (χ3v) is 4.40. The molecule has 5 heteroatoms. The third kappa shape index (κ3) is 2.91. The number of rotatable bonds is 3. The number of carboxylic acids is 1. The van der Waals surface area contributed by atoms with E-state index >= 15 is 0 Å². The number of benzene rings is 1. The fraction of sp³-hybridized carbons (Fsp3) is 0.533. The van der Waals surface area contributed by atoms with E-state index in [-0.39, 0.29) is 12.0 Å². The summed E-state index contributed by atoms with van der Waals surface area (Å²) in [5, 5.41) is 9.74. The molecule has 1 atom stereocenters. The first-order chi connectivity index (χ1) is 9.61. The van der Waals surface area contributed by atoms with Gasteiger partial charge in [-0.15, -0.1) is 0 Å². The monoisotopic (exact) mass is 295 g/mol. The fourth-order valence-corrected chi connectivity index (χ4v) is 3.24. The Balaban J connectivity index is 1.53. The van der Waals surface area contributed by atoms with Gasteiger partial charge in [-0.1, -0.05) is 11.6 Å². The van der Waals surface area contributed by atoms with Gasteiger partial charge in [-0.25, -0.2) is 0 Å². The lowest BCUT2D eigenvalue weighted by Gasteiger charge is -2.31. The number of ether oxygens (including phenoxy) is 1. The minimum Gasteiger partial charge on any atom is -0.488 e. The standard InChI is InChI=1S/C15H18ClNO3/c16-12-1-2-14-11(7-12)8-13(20-14)9-17-5-3-10(4-6-17)15(18)19/h1-2,7,10,13H,3-6,8-9H2,(H,18,19). The van der Waals surface area contributed by atoms with Crippen LogP contribution >= 0.6 is 11.6 Å². The largest absolute Gasteiger partial charge is 0.488 e. The van der Waals surface area contributed by atoms with Crippen LogP contribution in [0.15, 0.2) is 18.2 Å². The van der Waals surface area contributed by atoms with Crippen molar-refractivity contribution in [3.8, 4) is 5.75 Å². The fourth-order valence-electron chi connectivity index (χ4n) is 3.04. The van der Waals surface area contributed by atoms with Crippen molar-refractivity contribution < 1.29 is 14.6 Å². The maximum absolute atomic E-state index is 10.9. The zero-order valence-corrected chi connectivity index (χ0v) is 12.0. The summed E-state index contributed by atoms with van der Waals surface area (Å²) in [6.07, 6.45) is 2.51. The molecule has 4 nitrogen and oxygen atoms in total. The molecule has 2 aliphatic heterocycles. The molecule has 2 aliphatic rings. The Hall–Kier alpha value is -1.26. The Labute approximate surface area is 123 Å². The molecule has 1 N–H and O–H groups in total. The van der Waals surface area contributed by atoms with Gasteiger partial charge in [0.15, 0.2) is 0 Å². The Kier molecular flexibility index (Phi) is 3.85. The maximum Gasteiger partial charge on any atom is 0.306 e. The van der Waals surface area contributed by atoms with Gasteiger partial charge in [-0.05, 0) is 49.7 Å². The van der Waals surface area contributed by atoms with Gasteiger partial charge < -0.3 is 9.84 Å². The zero-order valence-electron chi connectivity index (χ0n) is 11.2. The Morgan fingerprint density at radius 3 is 2.85 bits per heavy atom. The van der Waals surface area contributed by atoms with Gasteiger partial charge in [-0.3, -0.25) is 9.69 Å². The molecule has 0 amide bonds. The summed E-state index contributed by atoms with van der Waals surface area (Å²) in [6.45, 7) is 2.54. The summed E-state index contributed by atoms with van der Waals surface area (Å²) in [7, 11) is 0. The van der Waals surface area contributed by atoms with Crippen LogP contribution in [0.4, 0.5) is 0 Å². The third-order valence-electron chi connectivity index (χ3n) is 4.16. The van der Waals surface area contributed by atoms with Crippen molar-refractivity contribution in [1.29, 1.82) is 0 Å². The number of carbonyl (C=O) groups is 1. The summed E-state index contributed by atoms with van der Waals surface area (Å²) >= 11 is 5.99. The number of likely N-dealkylation sites (tertiary alicyclic amines) is 1. The van der Waals surface area contributed by atoms with Gasteiger partial charge in [0.25, 0.3) is 0 Å². The Morgan fingerprint density at radius 2 is 2.15 bits per heavy atom. The Bertz CT molecular complexity index is 512. The SMILES string of the molecule is O=C(O)C1CCN(CC2Cc3cc(Cl)ccc3O2)CC1. The molecule has 2 heterocycles. The number of hydrogen-bond acceptors (Lipinski definition) is 3. The van der Waals surface area contributed by atoms with Gasteiger partial charge in [0, 0.05) is 18.0 Å². The first-order valence-corrected chi connectivity index (χ1v) is 7.40. The molecule has 1 fully saturated rings. The van der Waals surface area contributed by atoms with E-state index in [1.807, 2.05) is 18.2 Å². The molecule has 20 heavy (non-hydrogen) atoms.